The molecule has 1 N–H and O–H groups in total. The molecule has 1 aromatic heterocycles. The molecule has 2 unspecified atom stereocenters. The summed E-state index contributed by atoms with van der Waals surface area (Å²) in [6, 6.07) is 0. The van der Waals surface area contributed by atoms with Crippen LogP contribution in [-0.2, 0) is 5.54 Å². The number of hydrogen-bond acceptors (Lipinski definition) is 5. The van der Waals surface area contributed by atoms with Crippen molar-refractivity contribution in [3.63, 3.8) is 0 Å². The molecule has 88 valence electrons. The molecular formula is C11H17N3OS. The zero-order valence-electron chi connectivity index (χ0n) is 9.53. The van der Waals surface area contributed by atoms with Gasteiger partial charge in [0.15, 0.2) is 5.82 Å². The molecule has 0 amide bonds. The normalized spacial score (nSPS) is 34.7. The molecule has 3 rings (SSSR count). The van der Waals surface area contributed by atoms with Gasteiger partial charge in [0.25, 0.3) is 0 Å². The smallest absolute Gasteiger partial charge is 0.246 e. The fraction of sp³-hybridized carbons (Fsp3) is 0.818. The molecule has 0 aromatic carbocycles. The lowest BCUT2D eigenvalue weighted by molar-refractivity contribution is 0.274. The monoisotopic (exact) mass is 239 g/mol. The summed E-state index contributed by atoms with van der Waals surface area (Å²) in [5, 5.41) is 8.05. The predicted molar refractivity (Wildman–Crippen MR) is 63.3 cm³/mol. The molecule has 2 aliphatic heterocycles. The average Bonchev–Trinajstić information content (AvgIpc) is 2.98. The van der Waals surface area contributed by atoms with Crippen LogP contribution in [0.2, 0.25) is 0 Å². The number of aromatic nitrogens is 2. The SMILES string of the molecule is CC1(c2nc(C3CCCS3)no2)CCCN1. The van der Waals surface area contributed by atoms with E-state index in [4.69, 9.17) is 4.52 Å². The lowest BCUT2D eigenvalue weighted by Gasteiger charge is -2.18. The van der Waals surface area contributed by atoms with Crippen LogP contribution < -0.4 is 5.32 Å². The minimum Gasteiger partial charge on any atom is -0.337 e. The van der Waals surface area contributed by atoms with E-state index in [1.165, 1.54) is 25.0 Å². The highest BCUT2D eigenvalue weighted by atomic mass is 32.2. The van der Waals surface area contributed by atoms with E-state index < -0.39 is 0 Å². The van der Waals surface area contributed by atoms with Gasteiger partial charge in [-0.15, -0.1) is 0 Å². The van der Waals surface area contributed by atoms with Crippen molar-refractivity contribution in [1.82, 2.24) is 15.5 Å². The van der Waals surface area contributed by atoms with Crippen LogP contribution in [0.5, 0.6) is 0 Å². The number of thioether (sulfide) groups is 1. The first kappa shape index (κ1) is 10.6. The van der Waals surface area contributed by atoms with Gasteiger partial charge in [0.05, 0.1) is 10.8 Å². The third kappa shape index (κ3) is 1.76. The van der Waals surface area contributed by atoms with Crippen LogP contribution >= 0.6 is 11.8 Å². The molecule has 4 nitrogen and oxygen atoms in total. The summed E-state index contributed by atoms with van der Waals surface area (Å²) in [7, 11) is 0. The minimum absolute atomic E-state index is 0.0888. The van der Waals surface area contributed by atoms with E-state index in [1.54, 1.807) is 0 Å². The van der Waals surface area contributed by atoms with Crippen molar-refractivity contribution in [3.05, 3.63) is 11.7 Å². The maximum Gasteiger partial charge on any atom is 0.246 e. The van der Waals surface area contributed by atoms with Crippen molar-refractivity contribution in [3.8, 4) is 0 Å². The van der Waals surface area contributed by atoms with Crippen molar-refractivity contribution in [2.45, 2.75) is 43.4 Å². The molecule has 0 aliphatic carbocycles. The predicted octanol–water partition coefficient (Wildman–Crippen LogP) is 2.24. The first-order chi connectivity index (χ1) is 7.78. The fourth-order valence-corrected chi connectivity index (χ4v) is 3.64. The van der Waals surface area contributed by atoms with E-state index in [0.717, 1.165) is 24.7 Å². The van der Waals surface area contributed by atoms with E-state index in [9.17, 15) is 0 Å². The van der Waals surface area contributed by atoms with E-state index in [0.29, 0.717) is 5.25 Å². The Morgan fingerprint density at radius 3 is 3.12 bits per heavy atom. The molecular weight excluding hydrogens is 222 g/mol. The van der Waals surface area contributed by atoms with Gasteiger partial charge in [0.1, 0.15) is 0 Å². The van der Waals surface area contributed by atoms with E-state index in [1.807, 2.05) is 11.8 Å². The van der Waals surface area contributed by atoms with Crippen molar-refractivity contribution in [2.24, 2.45) is 0 Å². The second kappa shape index (κ2) is 4.04. The molecule has 2 fully saturated rings. The highest BCUT2D eigenvalue weighted by Crippen LogP contribution is 2.39. The summed E-state index contributed by atoms with van der Waals surface area (Å²) >= 11 is 1.94. The van der Waals surface area contributed by atoms with Crippen LogP contribution in [0.25, 0.3) is 0 Å². The molecule has 2 aliphatic rings. The fourth-order valence-electron chi connectivity index (χ4n) is 2.45. The highest BCUT2D eigenvalue weighted by Gasteiger charge is 2.36. The highest BCUT2D eigenvalue weighted by molar-refractivity contribution is 7.99. The number of rotatable bonds is 2. The van der Waals surface area contributed by atoms with Gasteiger partial charge in [-0.3, -0.25) is 0 Å². The van der Waals surface area contributed by atoms with Gasteiger partial charge in [-0.05, 0) is 44.9 Å². The van der Waals surface area contributed by atoms with Gasteiger partial charge in [0.2, 0.25) is 5.89 Å². The molecule has 1 aromatic rings. The summed E-state index contributed by atoms with van der Waals surface area (Å²) in [5.74, 6) is 2.89. The van der Waals surface area contributed by atoms with E-state index in [2.05, 4.69) is 22.4 Å². The summed E-state index contributed by atoms with van der Waals surface area (Å²) in [5.41, 5.74) is -0.0888. The van der Waals surface area contributed by atoms with Crippen LogP contribution in [0.4, 0.5) is 0 Å². The lowest BCUT2D eigenvalue weighted by atomic mass is 10.0. The van der Waals surface area contributed by atoms with Gasteiger partial charge in [-0.1, -0.05) is 5.16 Å². The van der Waals surface area contributed by atoms with Crippen LogP contribution in [0.3, 0.4) is 0 Å². The first-order valence-corrected chi connectivity index (χ1v) is 7.03. The molecule has 0 spiro atoms. The van der Waals surface area contributed by atoms with Crippen LogP contribution in [-0.4, -0.2) is 22.4 Å². The number of nitrogens with zero attached hydrogens (tertiary/aromatic N) is 2. The minimum atomic E-state index is -0.0888. The van der Waals surface area contributed by atoms with E-state index >= 15 is 0 Å². The van der Waals surface area contributed by atoms with Gasteiger partial charge in [-0.2, -0.15) is 16.7 Å². The summed E-state index contributed by atoms with van der Waals surface area (Å²) in [6.45, 7) is 3.20. The van der Waals surface area contributed by atoms with Gasteiger partial charge >= 0.3 is 0 Å². The Hall–Kier alpha value is -0.550. The van der Waals surface area contributed by atoms with Crippen LogP contribution in [0.15, 0.2) is 4.52 Å². The quantitative estimate of drug-likeness (QED) is 0.857. The largest absolute Gasteiger partial charge is 0.337 e. The summed E-state index contributed by atoms with van der Waals surface area (Å²) in [4.78, 5) is 4.58. The second-order valence-electron chi connectivity index (χ2n) is 4.82. The summed E-state index contributed by atoms with van der Waals surface area (Å²) in [6.07, 6.45) is 4.74. The molecule has 0 radical (unpaired) electrons. The standard InChI is InChI=1S/C11H17N3OS/c1-11(5-3-6-12-11)10-13-9(14-15-10)8-4-2-7-16-8/h8,12H,2-7H2,1H3. The Balaban J connectivity index is 1.81. The van der Waals surface area contributed by atoms with Crippen molar-refractivity contribution in [1.29, 1.82) is 0 Å². The molecule has 16 heavy (non-hydrogen) atoms. The number of nitrogens with one attached hydrogen (secondary N) is 1. The van der Waals surface area contributed by atoms with Crippen molar-refractivity contribution in [2.75, 3.05) is 12.3 Å². The third-order valence-corrected chi connectivity index (χ3v) is 4.87. The van der Waals surface area contributed by atoms with Gasteiger partial charge in [-0.25, -0.2) is 0 Å². The molecule has 2 atom stereocenters. The Labute approximate surface area is 99.6 Å². The molecule has 3 heterocycles. The Morgan fingerprint density at radius 2 is 2.44 bits per heavy atom. The Morgan fingerprint density at radius 1 is 1.50 bits per heavy atom. The topological polar surface area (TPSA) is 51.0 Å². The second-order valence-corrected chi connectivity index (χ2v) is 6.13. The third-order valence-electron chi connectivity index (χ3n) is 3.50. The van der Waals surface area contributed by atoms with E-state index in [-0.39, 0.29) is 5.54 Å². The maximum atomic E-state index is 5.43. The average molecular weight is 239 g/mol. The molecule has 2 saturated heterocycles. The van der Waals surface area contributed by atoms with Crippen molar-refractivity contribution >= 4 is 11.8 Å². The molecule has 5 heteroatoms. The first-order valence-electron chi connectivity index (χ1n) is 5.99. The summed E-state index contributed by atoms with van der Waals surface area (Å²) < 4.78 is 5.43. The lowest BCUT2D eigenvalue weighted by Crippen LogP contribution is -2.33. The van der Waals surface area contributed by atoms with Gasteiger partial charge in [0, 0.05) is 0 Å². The Bertz CT molecular complexity index is 367. The zero-order chi connectivity index (χ0) is 11.0. The van der Waals surface area contributed by atoms with Gasteiger partial charge < -0.3 is 9.84 Å². The number of hydrogen-bond donors (Lipinski definition) is 1. The molecule has 0 bridgehead atoms. The van der Waals surface area contributed by atoms with Crippen LogP contribution in [0, 0.1) is 0 Å². The Kier molecular flexibility index (Phi) is 2.67. The van der Waals surface area contributed by atoms with Crippen LogP contribution in [0.1, 0.15) is 49.6 Å². The molecule has 0 saturated carbocycles. The van der Waals surface area contributed by atoms with Crippen molar-refractivity contribution < 1.29 is 4.52 Å². The maximum absolute atomic E-state index is 5.43. The zero-order valence-corrected chi connectivity index (χ0v) is 10.3.